The van der Waals surface area contributed by atoms with Crippen molar-refractivity contribution < 1.29 is 0 Å². The van der Waals surface area contributed by atoms with Crippen LogP contribution in [0.5, 0.6) is 0 Å². The van der Waals surface area contributed by atoms with Gasteiger partial charge in [-0.25, -0.2) is 0 Å². The third-order valence-electron chi connectivity index (χ3n) is 1.86. The Balaban J connectivity index is 2.47. The van der Waals surface area contributed by atoms with Crippen LogP contribution in [-0.4, -0.2) is 0 Å². The molecule has 1 heteroatoms. The summed E-state index contributed by atoms with van der Waals surface area (Å²) in [6.45, 7) is 0. The van der Waals surface area contributed by atoms with Gasteiger partial charge in [0, 0.05) is 3.58 Å². The lowest BCUT2D eigenvalue weighted by atomic mass is 10.2. The van der Waals surface area contributed by atoms with Crippen LogP contribution in [0, 0.1) is 0 Å². The zero-order valence-electron chi connectivity index (χ0n) is 4.58. The van der Waals surface area contributed by atoms with E-state index in [4.69, 9.17) is 0 Å². The monoisotopic (exact) mass is 218 g/mol. The second-order valence-corrected chi connectivity index (χ2v) is 3.59. The highest BCUT2D eigenvalue weighted by atomic mass is 127. The number of hydrogen-bond acceptors (Lipinski definition) is 0. The van der Waals surface area contributed by atoms with Gasteiger partial charge in [-0.1, -0.05) is 11.1 Å². The van der Waals surface area contributed by atoms with Crippen LogP contribution in [0.15, 0.2) is 20.8 Å². The van der Waals surface area contributed by atoms with Crippen LogP contribution in [-0.2, 0) is 0 Å². The van der Waals surface area contributed by atoms with Crippen LogP contribution in [0.25, 0.3) is 0 Å². The smallest absolute Gasteiger partial charge is 0.0125 e. The second-order valence-electron chi connectivity index (χ2n) is 2.43. The van der Waals surface area contributed by atoms with Crippen molar-refractivity contribution in [2.45, 2.75) is 19.3 Å². The van der Waals surface area contributed by atoms with Gasteiger partial charge in [0.15, 0.2) is 0 Å². The molecule has 0 spiro atoms. The van der Waals surface area contributed by atoms with Gasteiger partial charge in [-0.3, -0.25) is 0 Å². The molecule has 1 saturated carbocycles. The zero-order chi connectivity index (χ0) is 5.56. The first kappa shape index (κ1) is 5.03. The maximum Gasteiger partial charge on any atom is 0.0125 e. The number of halogens is 1. The molecule has 2 aliphatic carbocycles. The quantitative estimate of drug-likeness (QED) is 0.548. The number of fused-ring (bicyclic) bond motifs is 2. The lowest BCUT2D eigenvalue weighted by Crippen LogP contribution is -1.73. The molecule has 0 nitrogen and oxygen atoms in total. The van der Waals surface area contributed by atoms with Crippen LogP contribution in [0.1, 0.15) is 19.3 Å². The van der Waals surface area contributed by atoms with Crippen molar-refractivity contribution in [3.63, 3.8) is 0 Å². The van der Waals surface area contributed by atoms with Crippen molar-refractivity contribution in [3.8, 4) is 0 Å². The topological polar surface area (TPSA) is 0 Å². The van der Waals surface area contributed by atoms with Gasteiger partial charge >= 0.3 is 0 Å². The third-order valence-corrected chi connectivity index (χ3v) is 2.93. The van der Waals surface area contributed by atoms with E-state index >= 15 is 0 Å². The first-order chi connectivity index (χ1) is 3.86. The van der Waals surface area contributed by atoms with Gasteiger partial charge in [-0.2, -0.15) is 0 Å². The summed E-state index contributed by atoms with van der Waals surface area (Å²) in [5.41, 5.74) is 3.34. The maximum atomic E-state index is 2.43. The summed E-state index contributed by atoms with van der Waals surface area (Å²) in [7, 11) is 0. The molecule has 2 aliphatic rings. The zero-order valence-corrected chi connectivity index (χ0v) is 6.73. The van der Waals surface area contributed by atoms with Crippen LogP contribution in [0.3, 0.4) is 0 Å². The predicted octanol–water partition coefficient (Wildman–Crippen LogP) is 2.80. The molecule has 0 amide bonds. The lowest BCUT2D eigenvalue weighted by Gasteiger charge is -1.94. The minimum atomic E-state index is 1.30. The van der Waals surface area contributed by atoms with Crippen molar-refractivity contribution >= 4 is 22.6 Å². The SMILES string of the molecule is IC1=C2CCC(=C1)C2. The highest BCUT2D eigenvalue weighted by Gasteiger charge is 2.20. The predicted molar refractivity (Wildman–Crippen MR) is 43.0 cm³/mol. The van der Waals surface area contributed by atoms with Gasteiger partial charge in [-0.05, 0) is 47.9 Å². The molecule has 0 aliphatic heterocycles. The Hall–Kier alpha value is 0.210. The van der Waals surface area contributed by atoms with Crippen molar-refractivity contribution in [2.75, 3.05) is 0 Å². The van der Waals surface area contributed by atoms with E-state index in [1.807, 2.05) is 0 Å². The lowest BCUT2D eigenvalue weighted by molar-refractivity contribution is 1.03. The summed E-state index contributed by atoms with van der Waals surface area (Å²) in [4.78, 5) is 0. The summed E-state index contributed by atoms with van der Waals surface area (Å²) < 4.78 is 1.52. The normalized spacial score (nSPS) is 24.9. The van der Waals surface area contributed by atoms with Crippen LogP contribution < -0.4 is 0 Å². The Morgan fingerprint density at radius 1 is 1.38 bits per heavy atom. The second kappa shape index (κ2) is 1.59. The van der Waals surface area contributed by atoms with Crippen LogP contribution in [0.4, 0.5) is 0 Å². The fraction of sp³-hybridized carbons (Fsp3) is 0.429. The molecule has 0 aromatic heterocycles. The van der Waals surface area contributed by atoms with E-state index in [2.05, 4.69) is 28.7 Å². The molecule has 0 atom stereocenters. The average molecular weight is 218 g/mol. The molecule has 0 heterocycles. The van der Waals surface area contributed by atoms with E-state index < -0.39 is 0 Å². The molecule has 0 aromatic rings. The average Bonchev–Trinajstić information content (AvgIpc) is 2.23. The fourth-order valence-electron chi connectivity index (χ4n) is 1.37. The highest BCUT2D eigenvalue weighted by Crippen LogP contribution is 2.41. The van der Waals surface area contributed by atoms with Crippen LogP contribution >= 0.6 is 22.6 Å². The number of hydrogen-bond donors (Lipinski definition) is 0. The Kier molecular flexibility index (Phi) is 1.00. The Morgan fingerprint density at radius 2 is 2.25 bits per heavy atom. The van der Waals surface area contributed by atoms with Crippen LogP contribution in [0.2, 0.25) is 0 Å². The van der Waals surface area contributed by atoms with Gasteiger partial charge in [-0.15, -0.1) is 0 Å². The Labute approximate surface area is 62.8 Å². The minimum Gasteiger partial charge on any atom is -0.0647 e. The summed E-state index contributed by atoms with van der Waals surface area (Å²) in [6.07, 6.45) is 6.34. The molecule has 0 unspecified atom stereocenters. The van der Waals surface area contributed by atoms with Gasteiger partial charge in [0.1, 0.15) is 0 Å². The van der Waals surface area contributed by atoms with Crippen molar-refractivity contribution in [1.29, 1.82) is 0 Å². The van der Waals surface area contributed by atoms with E-state index in [0.717, 1.165) is 0 Å². The Bertz CT molecular complexity index is 187. The van der Waals surface area contributed by atoms with E-state index in [1.54, 1.807) is 11.1 Å². The van der Waals surface area contributed by atoms with Crippen molar-refractivity contribution in [2.24, 2.45) is 0 Å². The molecular formula is C7H7I. The number of allylic oxidation sites excluding steroid dienone is 4. The standard InChI is InChI=1S/C7H7I/c8-7-4-5-1-2-6(7)3-5/h4H,1-3H2. The fourth-order valence-corrected chi connectivity index (χ4v) is 2.27. The van der Waals surface area contributed by atoms with Crippen molar-refractivity contribution in [1.82, 2.24) is 0 Å². The van der Waals surface area contributed by atoms with Gasteiger partial charge in [0.25, 0.3) is 0 Å². The number of rotatable bonds is 0. The molecule has 0 N–H and O–H groups in total. The van der Waals surface area contributed by atoms with E-state index in [0.29, 0.717) is 0 Å². The largest absolute Gasteiger partial charge is 0.0647 e. The summed E-state index contributed by atoms with van der Waals surface area (Å²) in [6, 6.07) is 0. The van der Waals surface area contributed by atoms with Gasteiger partial charge < -0.3 is 0 Å². The van der Waals surface area contributed by atoms with Crippen molar-refractivity contribution in [3.05, 3.63) is 20.8 Å². The molecule has 0 radical (unpaired) electrons. The maximum absolute atomic E-state index is 2.43. The third kappa shape index (κ3) is 0.569. The summed E-state index contributed by atoms with van der Waals surface area (Å²) >= 11 is 2.43. The summed E-state index contributed by atoms with van der Waals surface area (Å²) in [5.74, 6) is 0. The molecule has 2 bridgehead atoms. The molecular weight excluding hydrogens is 211 g/mol. The van der Waals surface area contributed by atoms with E-state index in [-0.39, 0.29) is 0 Å². The molecule has 0 aromatic carbocycles. The van der Waals surface area contributed by atoms with E-state index in [1.165, 1.54) is 22.8 Å². The first-order valence-electron chi connectivity index (χ1n) is 2.93. The van der Waals surface area contributed by atoms with Gasteiger partial charge in [0.2, 0.25) is 0 Å². The van der Waals surface area contributed by atoms with Gasteiger partial charge in [0.05, 0.1) is 0 Å². The molecule has 2 rings (SSSR count). The highest BCUT2D eigenvalue weighted by molar-refractivity contribution is 14.1. The molecule has 42 valence electrons. The van der Waals surface area contributed by atoms with E-state index in [9.17, 15) is 0 Å². The molecule has 0 saturated heterocycles. The molecule has 8 heavy (non-hydrogen) atoms. The summed E-state index contributed by atoms with van der Waals surface area (Å²) in [5, 5.41) is 0. The minimum absolute atomic E-state index is 1.30. The first-order valence-corrected chi connectivity index (χ1v) is 4.01. The Morgan fingerprint density at radius 3 is 2.50 bits per heavy atom. The molecule has 1 fully saturated rings.